The summed E-state index contributed by atoms with van der Waals surface area (Å²) < 4.78 is 46.0. The van der Waals surface area contributed by atoms with Gasteiger partial charge < -0.3 is 14.7 Å². The molecule has 4 heterocycles. The van der Waals surface area contributed by atoms with Crippen LogP contribution in [0.15, 0.2) is 41.0 Å². The van der Waals surface area contributed by atoms with Gasteiger partial charge in [-0.25, -0.2) is 9.97 Å². The second kappa shape index (κ2) is 11.4. The lowest BCUT2D eigenvalue weighted by Gasteiger charge is -2.34. The van der Waals surface area contributed by atoms with Crippen LogP contribution in [0.5, 0.6) is 6.01 Å². The van der Waals surface area contributed by atoms with Crippen LogP contribution < -0.4 is 4.74 Å². The van der Waals surface area contributed by atoms with Crippen molar-refractivity contribution in [2.45, 2.75) is 43.7 Å². The molecule has 3 aromatic rings. The number of hydrogen-bond acceptors (Lipinski definition) is 10. The van der Waals surface area contributed by atoms with Gasteiger partial charge in [-0.15, -0.1) is 11.3 Å². The minimum absolute atomic E-state index is 0.0206. The summed E-state index contributed by atoms with van der Waals surface area (Å²) in [5.41, 5.74) is 0.272. The van der Waals surface area contributed by atoms with E-state index in [-0.39, 0.29) is 41.2 Å². The van der Waals surface area contributed by atoms with E-state index in [2.05, 4.69) is 15.1 Å². The van der Waals surface area contributed by atoms with Gasteiger partial charge in [0, 0.05) is 47.6 Å². The molecule has 1 N–H and O–H groups in total. The van der Waals surface area contributed by atoms with E-state index in [9.17, 15) is 18.3 Å². The van der Waals surface area contributed by atoms with Crippen LogP contribution in [0.2, 0.25) is 5.02 Å². The molecule has 39 heavy (non-hydrogen) atoms. The second-order valence-electron chi connectivity index (χ2n) is 9.04. The third-order valence-corrected chi connectivity index (χ3v) is 7.91. The number of piperidine rings is 1. The number of halogens is 4. The quantitative estimate of drug-likeness (QED) is 0.420. The number of aliphatic hydroxyl groups excluding tert-OH is 1. The Balaban J connectivity index is 1.16. The van der Waals surface area contributed by atoms with E-state index in [0.717, 1.165) is 23.9 Å². The molecule has 204 valence electrons. The highest BCUT2D eigenvalue weighted by Crippen LogP contribution is 2.42. The number of likely N-dealkylation sites (tertiary alicyclic amines) is 1. The van der Waals surface area contributed by atoms with E-state index in [1.165, 1.54) is 35.7 Å². The first-order valence-corrected chi connectivity index (χ1v) is 13.3. The highest BCUT2D eigenvalue weighted by molar-refractivity contribution is 7.10. The number of benzene rings is 1. The fourth-order valence-electron chi connectivity index (χ4n) is 4.57. The van der Waals surface area contributed by atoms with Crippen LogP contribution in [-0.2, 0) is 11.0 Å². The predicted molar refractivity (Wildman–Crippen MR) is 135 cm³/mol. The lowest BCUT2D eigenvalue weighted by atomic mass is 9.97. The van der Waals surface area contributed by atoms with Gasteiger partial charge in [0.05, 0.1) is 16.3 Å². The van der Waals surface area contributed by atoms with E-state index < -0.39 is 24.1 Å². The second-order valence-corrected chi connectivity index (χ2v) is 10.3. The van der Waals surface area contributed by atoms with Crippen LogP contribution in [0.3, 0.4) is 0 Å². The van der Waals surface area contributed by atoms with Crippen molar-refractivity contribution < 1.29 is 27.9 Å². The van der Waals surface area contributed by atoms with Crippen molar-refractivity contribution in [3.63, 3.8) is 0 Å². The highest BCUT2D eigenvalue weighted by Gasteiger charge is 2.39. The molecule has 2 aliphatic heterocycles. The van der Waals surface area contributed by atoms with Crippen molar-refractivity contribution in [2.75, 3.05) is 19.7 Å². The van der Waals surface area contributed by atoms with Crippen molar-refractivity contribution in [3.8, 4) is 12.1 Å². The van der Waals surface area contributed by atoms with Crippen LogP contribution in [0.4, 0.5) is 13.2 Å². The summed E-state index contributed by atoms with van der Waals surface area (Å²) in [5, 5.41) is 26.2. The Bertz CT molecular complexity index is 1400. The summed E-state index contributed by atoms with van der Waals surface area (Å²) in [6, 6.07) is 7.06. The summed E-state index contributed by atoms with van der Waals surface area (Å²) >= 11 is 7.59. The Kier molecular flexibility index (Phi) is 7.99. The topological polar surface area (TPSA) is 117 Å². The zero-order chi connectivity index (χ0) is 27.6. The summed E-state index contributed by atoms with van der Waals surface area (Å²) in [4.78, 5) is 19.8. The Morgan fingerprint density at radius 3 is 2.79 bits per heavy atom. The number of nitriles is 1. The minimum atomic E-state index is -4.56. The van der Waals surface area contributed by atoms with Crippen LogP contribution in [0, 0.1) is 11.3 Å². The van der Waals surface area contributed by atoms with Gasteiger partial charge in [-0.3, -0.25) is 4.90 Å². The molecule has 2 aromatic heterocycles. The lowest BCUT2D eigenvalue weighted by Crippen LogP contribution is -2.44. The molecule has 0 bridgehead atoms. The largest absolute Gasteiger partial charge is 0.459 e. The number of hydrogen-bond donors (Lipinski definition) is 1. The first-order valence-electron chi connectivity index (χ1n) is 12.0. The van der Waals surface area contributed by atoms with Gasteiger partial charge in [0.2, 0.25) is 0 Å². The van der Waals surface area contributed by atoms with Gasteiger partial charge in [-0.05, 0) is 31.0 Å². The smallest absolute Gasteiger partial charge is 0.416 e. The molecular weight excluding hydrogens is 557 g/mol. The van der Waals surface area contributed by atoms with Crippen LogP contribution in [-0.4, -0.2) is 56.6 Å². The lowest BCUT2D eigenvalue weighted by molar-refractivity contribution is -0.139. The van der Waals surface area contributed by atoms with Crippen molar-refractivity contribution in [1.29, 1.82) is 5.26 Å². The average molecular weight is 579 g/mol. The molecule has 1 aromatic carbocycles. The molecule has 0 radical (unpaired) electrons. The van der Waals surface area contributed by atoms with Crippen molar-refractivity contribution in [1.82, 2.24) is 19.9 Å². The fourth-order valence-corrected chi connectivity index (χ4v) is 5.87. The van der Waals surface area contributed by atoms with E-state index in [1.807, 2.05) is 16.3 Å². The van der Waals surface area contributed by atoms with Gasteiger partial charge in [0.1, 0.15) is 30.3 Å². The van der Waals surface area contributed by atoms with Crippen LogP contribution in [0.25, 0.3) is 0 Å². The van der Waals surface area contributed by atoms with Crippen molar-refractivity contribution >= 4 is 28.6 Å². The number of oxime groups is 1. The molecule has 5 rings (SSSR count). The first-order chi connectivity index (χ1) is 18.7. The number of ether oxygens (including phenoxy) is 1. The monoisotopic (exact) mass is 578 g/mol. The maximum Gasteiger partial charge on any atom is 0.416 e. The SMILES string of the molecule is N#Cc1ccnc(OCC(O)N2CCC(c3nc(C4=NOC(c5c(Cl)cccc5C(F)(F)F)C4)cs3)CC2)n1. The maximum absolute atomic E-state index is 13.5. The van der Waals surface area contributed by atoms with Gasteiger partial charge in [-0.2, -0.15) is 23.4 Å². The van der Waals surface area contributed by atoms with Gasteiger partial charge in [0.25, 0.3) is 0 Å². The Labute approximate surface area is 230 Å². The molecule has 2 atom stereocenters. The summed E-state index contributed by atoms with van der Waals surface area (Å²) in [6.45, 7) is 1.19. The van der Waals surface area contributed by atoms with Gasteiger partial charge in [-0.1, -0.05) is 22.8 Å². The number of aliphatic hydroxyl groups is 1. The summed E-state index contributed by atoms with van der Waals surface area (Å²) in [7, 11) is 0. The van der Waals surface area contributed by atoms with E-state index in [0.29, 0.717) is 24.5 Å². The predicted octanol–water partition coefficient (Wildman–Crippen LogP) is 4.92. The van der Waals surface area contributed by atoms with Crippen molar-refractivity contribution in [3.05, 3.63) is 68.4 Å². The number of alkyl halides is 3. The maximum atomic E-state index is 13.5. The van der Waals surface area contributed by atoms with Crippen molar-refractivity contribution in [2.24, 2.45) is 5.16 Å². The number of thiazole rings is 1. The number of aromatic nitrogens is 3. The molecule has 1 fully saturated rings. The Morgan fingerprint density at radius 1 is 1.26 bits per heavy atom. The Hall–Kier alpha value is -3.31. The normalized spacial score (nSPS) is 19.3. The molecule has 0 spiro atoms. The summed E-state index contributed by atoms with van der Waals surface area (Å²) in [5.74, 6) is 0.169. The third kappa shape index (κ3) is 6.14. The minimum Gasteiger partial charge on any atom is -0.459 e. The molecule has 14 heteroatoms. The summed E-state index contributed by atoms with van der Waals surface area (Å²) in [6.07, 6.45) is -3.32. The molecule has 0 saturated carbocycles. The molecule has 9 nitrogen and oxygen atoms in total. The molecule has 2 unspecified atom stereocenters. The van der Waals surface area contributed by atoms with Gasteiger partial charge >= 0.3 is 12.2 Å². The molecule has 0 amide bonds. The third-order valence-electron chi connectivity index (χ3n) is 6.58. The number of rotatable bonds is 7. The zero-order valence-electron chi connectivity index (χ0n) is 20.3. The number of nitrogens with zero attached hydrogens (tertiary/aromatic N) is 6. The van der Waals surface area contributed by atoms with E-state index in [1.54, 1.807) is 0 Å². The molecule has 2 aliphatic rings. The highest BCUT2D eigenvalue weighted by atomic mass is 35.5. The van der Waals surface area contributed by atoms with E-state index in [4.69, 9.17) is 31.4 Å². The standard InChI is InChI=1S/C25H22ClF3N6O3S/c26-17-3-1-2-16(25(27,28)29)22(17)20-10-18(34-38-20)19-13-39-23(33-19)14-5-8-35(9-6-14)21(36)12-37-24-31-7-4-15(11-30)32-24/h1-4,7,13-14,20-21,36H,5-6,8-10,12H2. The molecular formula is C25H22ClF3N6O3S. The van der Waals surface area contributed by atoms with Crippen LogP contribution >= 0.6 is 22.9 Å². The Morgan fingerprint density at radius 2 is 2.05 bits per heavy atom. The van der Waals surface area contributed by atoms with Crippen LogP contribution in [0.1, 0.15) is 58.8 Å². The molecule has 1 saturated heterocycles. The molecule has 0 aliphatic carbocycles. The van der Waals surface area contributed by atoms with Gasteiger partial charge in [0.15, 0.2) is 6.10 Å². The van der Waals surface area contributed by atoms with E-state index >= 15 is 0 Å². The fraction of sp³-hybridized carbons (Fsp3) is 0.400. The zero-order valence-corrected chi connectivity index (χ0v) is 21.9. The average Bonchev–Trinajstić information content (AvgIpc) is 3.62. The first kappa shape index (κ1) is 27.3.